The molecule has 0 amide bonds. The predicted octanol–water partition coefficient (Wildman–Crippen LogP) is 6.85. The van der Waals surface area contributed by atoms with Crippen LogP contribution in [0.25, 0.3) is 88.4 Å². The maximum atomic E-state index is 6.59. The van der Waals surface area contributed by atoms with Crippen molar-refractivity contribution in [2.45, 2.75) is 0 Å². The lowest BCUT2D eigenvalue weighted by Gasteiger charge is -2.23. The molecule has 10 radical (unpaired) electrons. The first kappa shape index (κ1) is 33.3. The van der Waals surface area contributed by atoms with E-state index in [4.69, 9.17) is 39.2 Å². The number of benzene rings is 8. The summed E-state index contributed by atoms with van der Waals surface area (Å²) >= 11 is 0. The van der Waals surface area contributed by atoms with Crippen molar-refractivity contribution in [1.29, 1.82) is 0 Å². The summed E-state index contributed by atoms with van der Waals surface area (Å²) in [6.07, 6.45) is 0. The first-order valence-electron chi connectivity index (χ1n) is 18.2. The van der Waals surface area contributed by atoms with E-state index in [0.717, 1.165) is 49.7 Å². The highest BCUT2D eigenvalue weighted by Gasteiger charge is 2.19. The van der Waals surface area contributed by atoms with E-state index < -0.39 is 0 Å². The minimum absolute atomic E-state index is 0.195. The maximum Gasteiger partial charge on any atom is 0.115 e. The summed E-state index contributed by atoms with van der Waals surface area (Å²) in [5.41, 5.74) is 14.0. The quantitative estimate of drug-likeness (QED) is 0.176. The van der Waals surface area contributed by atoms with Gasteiger partial charge < -0.3 is 9.13 Å². The van der Waals surface area contributed by atoms with E-state index in [1.54, 1.807) is 0 Å². The molecular weight excluding hydrogens is 659 g/mol. The van der Waals surface area contributed by atoms with E-state index in [0.29, 0.717) is 16.6 Å². The van der Waals surface area contributed by atoms with E-state index in [1.807, 2.05) is 28.8 Å². The summed E-state index contributed by atoms with van der Waals surface area (Å²) < 4.78 is 4.40. The smallest absolute Gasteiger partial charge is 0.115 e. The van der Waals surface area contributed by atoms with Crippen LogP contribution in [0, 0.1) is 0 Å². The van der Waals surface area contributed by atoms with E-state index in [-0.39, 0.29) is 16.4 Å². The Morgan fingerprint density at radius 1 is 0.273 bits per heavy atom. The second-order valence-corrected chi connectivity index (χ2v) is 14.1. The first-order valence-corrected chi connectivity index (χ1v) is 18.2. The second kappa shape index (κ2) is 12.9. The highest BCUT2D eigenvalue weighted by atomic mass is 15.0. The number of aromatic nitrogens is 2. The third kappa shape index (κ3) is 5.25. The molecule has 10 aromatic rings. The zero-order valence-electron chi connectivity index (χ0n) is 29.9. The highest BCUT2D eigenvalue weighted by Crippen LogP contribution is 2.38. The molecule has 55 heavy (non-hydrogen) atoms. The molecule has 0 fully saturated rings. The molecule has 10 rings (SSSR count). The van der Waals surface area contributed by atoms with Gasteiger partial charge in [-0.1, -0.05) is 126 Å². The van der Waals surface area contributed by atoms with Crippen LogP contribution in [0.4, 0.5) is 0 Å². The average molecular weight is 686 g/mol. The molecule has 0 spiro atoms. The van der Waals surface area contributed by atoms with Crippen LogP contribution in [0.3, 0.4) is 0 Å². The number of rotatable bonds is 5. The van der Waals surface area contributed by atoms with E-state index in [1.165, 1.54) is 33.0 Å². The van der Waals surface area contributed by atoms with Crippen LogP contribution in [0.1, 0.15) is 0 Å². The molecule has 0 saturated carbocycles. The molecular formula is C48H27B5N2. The third-order valence-electron chi connectivity index (χ3n) is 11.0. The van der Waals surface area contributed by atoms with Crippen LogP contribution in [0.2, 0.25) is 0 Å². The molecule has 0 saturated heterocycles. The molecule has 2 heterocycles. The summed E-state index contributed by atoms with van der Waals surface area (Å²) in [5, 5.41) is 4.48. The van der Waals surface area contributed by atoms with Crippen LogP contribution in [-0.2, 0) is 0 Å². The Kier molecular flexibility index (Phi) is 7.82. The van der Waals surface area contributed by atoms with Crippen molar-refractivity contribution in [3.63, 3.8) is 0 Å². The third-order valence-corrected chi connectivity index (χ3v) is 11.0. The molecule has 0 aliphatic heterocycles. The zero-order valence-corrected chi connectivity index (χ0v) is 29.9. The summed E-state index contributed by atoms with van der Waals surface area (Å²) in [6, 6.07) is 58.1. The topological polar surface area (TPSA) is 9.86 Å². The van der Waals surface area contributed by atoms with E-state index in [9.17, 15) is 0 Å². The van der Waals surface area contributed by atoms with Gasteiger partial charge in [0.1, 0.15) is 39.2 Å². The molecule has 0 unspecified atom stereocenters. The summed E-state index contributed by atoms with van der Waals surface area (Å²) in [5.74, 6) is 0. The Morgan fingerprint density at radius 3 is 1.27 bits per heavy atom. The molecule has 0 atom stereocenters. The van der Waals surface area contributed by atoms with Crippen molar-refractivity contribution in [2.24, 2.45) is 0 Å². The van der Waals surface area contributed by atoms with Gasteiger partial charge in [0.25, 0.3) is 0 Å². The number of hydrogen-bond donors (Lipinski definition) is 0. The molecule has 0 aliphatic carbocycles. The van der Waals surface area contributed by atoms with Gasteiger partial charge in [-0.25, -0.2) is 0 Å². The molecule has 0 aliphatic rings. The average Bonchev–Trinajstić information content (AvgIpc) is 3.75. The fourth-order valence-electron chi connectivity index (χ4n) is 8.21. The Hall–Kier alpha value is -6.32. The zero-order chi connectivity index (χ0) is 37.4. The van der Waals surface area contributed by atoms with Gasteiger partial charge in [-0.15, -0.1) is 16.4 Å². The van der Waals surface area contributed by atoms with Crippen molar-refractivity contribution in [2.75, 3.05) is 0 Å². The van der Waals surface area contributed by atoms with Gasteiger partial charge >= 0.3 is 0 Å². The van der Waals surface area contributed by atoms with Crippen LogP contribution in [0.15, 0.2) is 164 Å². The van der Waals surface area contributed by atoms with Crippen molar-refractivity contribution in [3.05, 3.63) is 164 Å². The minimum Gasteiger partial charge on any atom is -0.310 e. The molecule has 2 nitrogen and oxygen atoms in total. The van der Waals surface area contributed by atoms with E-state index in [2.05, 4.69) is 144 Å². The van der Waals surface area contributed by atoms with Gasteiger partial charge in [0.05, 0.1) is 22.1 Å². The van der Waals surface area contributed by atoms with Gasteiger partial charge in [0, 0.05) is 32.9 Å². The fourth-order valence-corrected chi connectivity index (χ4v) is 8.21. The Labute approximate surface area is 326 Å². The SMILES string of the molecule is [B]c1c([B])c([B])c(-n2c3ccccc3c3cc(-c4ccc5c(c4)c4ccccc4n5-c4cccc(-c5ccc(-c6ccccc6)cc5)c4)ccc32)c([B])c1[B]. The fraction of sp³-hybridized carbons (Fsp3) is 0. The lowest BCUT2D eigenvalue weighted by molar-refractivity contribution is 1.18. The van der Waals surface area contributed by atoms with Gasteiger partial charge in [0.2, 0.25) is 0 Å². The van der Waals surface area contributed by atoms with Gasteiger partial charge in [-0.2, -0.15) is 0 Å². The van der Waals surface area contributed by atoms with Crippen molar-refractivity contribution < 1.29 is 0 Å². The van der Waals surface area contributed by atoms with Gasteiger partial charge in [0.15, 0.2) is 0 Å². The van der Waals surface area contributed by atoms with E-state index >= 15 is 0 Å². The molecule has 244 valence electrons. The molecule has 7 heteroatoms. The lowest BCUT2D eigenvalue weighted by atomic mass is 9.61. The van der Waals surface area contributed by atoms with Crippen LogP contribution < -0.4 is 27.3 Å². The van der Waals surface area contributed by atoms with Crippen LogP contribution in [-0.4, -0.2) is 48.4 Å². The lowest BCUT2D eigenvalue weighted by Crippen LogP contribution is -2.56. The first-order chi connectivity index (χ1) is 26.9. The van der Waals surface area contributed by atoms with Crippen molar-refractivity contribution in [1.82, 2.24) is 9.13 Å². The monoisotopic (exact) mass is 686 g/mol. The predicted molar refractivity (Wildman–Crippen MR) is 238 cm³/mol. The number of para-hydroxylation sites is 2. The van der Waals surface area contributed by atoms with Crippen LogP contribution >= 0.6 is 0 Å². The highest BCUT2D eigenvalue weighted by molar-refractivity contribution is 6.68. The summed E-state index contributed by atoms with van der Waals surface area (Å²) in [6.45, 7) is 0. The van der Waals surface area contributed by atoms with Gasteiger partial charge in [-0.05, 0) is 81.9 Å². The largest absolute Gasteiger partial charge is 0.310 e. The minimum atomic E-state index is 0.195. The number of hydrogen-bond acceptors (Lipinski definition) is 0. The Balaban J connectivity index is 1.09. The van der Waals surface area contributed by atoms with Gasteiger partial charge in [-0.3, -0.25) is 0 Å². The van der Waals surface area contributed by atoms with Crippen LogP contribution in [0.5, 0.6) is 0 Å². The second-order valence-electron chi connectivity index (χ2n) is 14.1. The Morgan fingerprint density at radius 2 is 0.673 bits per heavy atom. The summed E-state index contributed by atoms with van der Waals surface area (Å²) in [7, 11) is 32.0. The van der Waals surface area contributed by atoms with Crippen molar-refractivity contribution >= 4 is 110 Å². The molecule has 0 N–H and O–H groups in total. The molecule has 0 bridgehead atoms. The van der Waals surface area contributed by atoms with Crippen molar-refractivity contribution in [3.8, 4) is 44.8 Å². The Bertz CT molecular complexity index is 3110. The molecule has 2 aromatic heterocycles. The normalized spacial score (nSPS) is 11.6. The maximum absolute atomic E-state index is 6.59. The molecule has 8 aromatic carbocycles. The summed E-state index contributed by atoms with van der Waals surface area (Å²) in [4.78, 5) is 0. The number of nitrogens with zero attached hydrogens (tertiary/aromatic N) is 2. The number of fused-ring (bicyclic) bond motifs is 6. The standard InChI is InChI=1S/C48H27B5N2/c49-43-44(50)46(52)48(47(53)45(43)51)55-40-16-7-5-14-36(40)38-27-33(22-24-42(38)55)32-21-23-41-37(26-32)35-13-4-6-15-39(35)54(41)34-12-8-11-31(25-34)30-19-17-29(18-20-30)28-9-2-1-3-10-28/h1-27H.